The normalized spacial score (nSPS) is 14.1. The minimum atomic E-state index is -0.275. The maximum absolute atomic E-state index is 12.2. The molecule has 0 saturated carbocycles. The summed E-state index contributed by atoms with van der Waals surface area (Å²) >= 11 is 5.78. The number of alkyl halides is 1. The lowest BCUT2D eigenvalue weighted by atomic mass is 9.95. The summed E-state index contributed by atoms with van der Waals surface area (Å²) in [5.41, 5.74) is 1.68. The number of aryl methyl sites for hydroxylation is 2. The van der Waals surface area contributed by atoms with Gasteiger partial charge in [-0.25, -0.2) is 0 Å². The van der Waals surface area contributed by atoms with Crippen LogP contribution < -0.4 is 5.32 Å². The third kappa shape index (κ3) is 3.67. The van der Waals surface area contributed by atoms with Crippen molar-refractivity contribution in [2.75, 3.05) is 5.88 Å². The molecule has 1 aromatic rings. The standard InChI is InChI=1S/C13H20ClN3O/c1-5-13(4,6-7-14)15-12(18)11-8-9(2)16-17-10(11)3/h8H,5-7H2,1-4H3,(H,15,18). The molecule has 0 aliphatic carbocycles. The number of carbonyl (C=O) groups excluding carboxylic acids is 1. The molecular formula is C13H20ClN3O. The number of hydrogen-bond donors (Lipinski definition) is 1. The Hall–Kier alpha value is -1.16. The predicted octanol–water partition coefficient (Wildman–Crippen LogP) is 2.62. The van der Waals surface area contributed by atoms with Crippen LogP contribution in [0.5, 0.6) is 0 Å². The highest BCUT2D eigenvalue weighted by atomic mass is 35.5. The van der Waals surface area contributed by atoms with Gasteiger partial charge in [0, 0.05) is 11.4 Å². The fraction of sp³-hybridized carbons (Fsp3) is 0.615. The van der Waals surface area contributed by atoms with E-state index in [1.54, 1.807) is 13.0 Å². The van der Waals surface area contributed by atoms with Crippen LogP contribution in [0.4, 0.5) is 0 Å². The van der Waals surface area contributed by atoms with Crippen molar-refractivity contribution < 1.29 is 4.79 Å². The van der Waals surface area contributed by atoms with Crippen molar-refractivity contribution in [2.24, 2.45) is 0 Å². The second-order valence-electron chi connectivity index (χ2n) is 4.79. The van der Waals surface area contributed by atoms with Crippen molar-refractivity contribution >= 4 is 17.5 Å². The number of rotatable bonds is 5. The first-order valence-electron chi connectivity index (χ1n) is 6.11. The second-order valence-corrected chi connectivity index (χ2v) is 5.17. The van der Waals surface area contributed by atoms with E-state index in [0.29, 0.717) is 17.1 Å². The molecule has 0 radical (unpaired) electrons. The lowest BCUT2D eigenvalue weighted by Crippen LogP contribution is -2.46. The molecule has 0 fully saturated rings. The van der Waals surface area contributed by atoms with E-state index in [9.17, 15) is 4.79 Å². The molecule has 0 bridgehead atoms. The van der Waals surface area contributed by atoms with Crippen LogP contribution >= 0.6 is 11.6 Å². The molecule has 0 saturated heterocycles. The van der Waals surface area contributed by atoms with Crippen molar-refractivity contribution in [2.45, 2.75) is 46.1 Å². The largest absolute Gasteiger partial charge is 0.347 e. The average Bonchev–Trinajstić information content (AvgIpc) is 2.32. The summed E-state index contributed by atoms with van der Waals surface area (Å²) in [6.45, 7) is 7.65. The number of halogens is 1. The lowest BCUT2D eigenvalue weighted by Gasteiger charge is -2.29. The van der Waals surface area contributed by atoms with Gasteiger partial charge in [0.1, 0.15) is 0 Å². The zero-order chi connectivity index (χ0) is 13.8. The summed E-state index contributed by atoms with van der Waals surface area (Å²) in [4.78, 5) is 12.2. The third-order valence-electron chi connectivity index (χ3n) is 3.19. The number of amides is 1. The quantitative estimate of drug-likeness (QED) is 0.836. The van der Waals surface area contributed by atoms with Crippen molar-refractivity contribution in [1.29, 1.82) is 0 Å². The predicted molar refractivity (Wildman–Crippen MR) is 73.0 cm³/mol. The fourth-order valence-corrected chi connectivity index (χ4v) is 2.07. The molecule has 100 valence electrons. The van der Waals surface area contributed by atoms with Crippen LogP contribution in [0.15, 0.2) is 6.07 Å². The molecule has 5 heteroatoms. The fourth-order valence-electron chi connectivity index (χ4n) is 1.66. The van der Waals surface area contributed by atoms with Crippen LogP contribution in [0.25, 0.3) is 0 Å². The summed E-state index contributed by atoms with van der Waals surface area (Å²) < 4.78 is 0. The minimum absolute atomic E-state index is 0.111. The van der Waals surface area contributed by atoms with Crippen LogP contribution in [0.1, 0.15) is 48.4 Å². The Kier molecular flexibility index (Phi) is 5.08. The summed E-state index contributed by atoms with van der Waals surface area (Å²) in [7, 11) is 0. The molecule has 1 atom stereocenters. The molecule has 1 rings (SSSR count). The summed E-state index contributed by atoms with van der Waals surface area (Å²) in [5, 5.41) is 10.9. The first kappa shape index (κ1) is 14.9. The molecule has 1 unspecified atom stereocenters. The zero-order valence-corrected chi connectivity index (χ0v) is 12.1. The molecule has 0 aromatic carbocycles. The SMILES string of the molecule is CCC(C)(CCCl)NC(=O)c1cc(C)nnc1C. The first-order chi connectivity index (χ1) is 8.41. The molecule has 0 spiro atoms. The molecule has 1 heterocycles. The van der Waals surface area contributed by atoms with E-state index in [1.807, 2.05) is 20.8 Å². The van der Waals surface area contributed by atoms with E-state index >= 15 is 0 Å². The van der Waals surface area contributed by atoms with Gasteiger partial charge in [-0.05, 0) is 39.7 Å². The monoisotopic (exact) mass is 269 g/mol. The molecule has 1 aromatic heterocycles. The molecular weight excluding hydrogens is 250 g/mol. The number of nitrogens with zero attached hydrogens (tertiary/aromatic N) is 2. The van der Waals surface area contributed by atoms with Gasteiger partial charge in [-0.2, -0.15) is 10.2 Å². The highest BCUT2D eigenvalue weighted by molar-refractivity contribution is 6.17. The minimum Gasteiger partial charge on any atom is -0.347 e. The van der Waals surface area contributed by atoms with Crippen molar-refractivity contribution in [1.82, 2.24) is 15.5 Å². The highest BCUT2D eigenvalue weighted by Crippen LogP contribution is 2.17. The van der Waals surface area contributed by atoms with Gasteiger partial charge in [0.05, 0.1) is 17.0 Å². The van der Waals surface area contributed by atoms with E-state index in [0.717, 1.165) is 18.5 Å². The smallest absolute Gasteiger partial charge is 0.253 e. The van der Waals surface area contributed by atoms with E-state index in [-0.39, 0.29) is 11.4 Å². The van der Waals surface area contributed by atoms with Gasteiger partial charge in [-0.1, -0.05) is 6.92 Å². The van der Waals surface area contributed by atoms with Gasteiger partial charge in [-0.15, -0.1) is 11.6 Å². The first-order valence-corrected chi connectivity index (χ1v) is 6.64. The number of carbonyl (C=O) groups is 1. The molecule has 0 aliphatic rings. The van der Waals surface area contributed by atoms with Gasteiger partial charge >= 0.3 is 0 Å². The molecule has 4 nitrogen and oxygen atoms in total. The van der Waals surface area contributed by atoms with Crippen LogP contribution in [0.3, 0.4) is 0 Å². The Labute approximate surface area is 113 Å². The maximum atomic E-state index is 12.2. The van der Waals surface area contributed by atoms with Crippen LogP contribution in [-0.2, 0) is 0 Å². The van der Waals surface area contributed by atoms with E-state index < -0.39 is 0 Å². The van der Waals surface area contributed by atoms with E-state index in [1.165, 1.54) is 0 Å². The number of hydrogen-bond acceptors (Lipinski definition) is 3. The Morgan fingerprint density at radius 1 is 1.44 bits per heavy atom. The van der Waals surface area contributed by atoms with Crippen molar-refractivity contribution in [3.63, 3.8) is 0 Å². The second kappa shape index (κ2) is 6.14. The zero-order valence-electron chi connectivity index (χ0n) is 11.4. The van der Waals surface area contributed by atoms with Gasteiger partial charge in [-0.3, -0.25) is 4.79 Å². The summed E-state index contributed by atoms with van der Waals surface area (Å²) in [6, 6.07) is 1.76. The van der Waals surface area contributed by atoms with Gasteiger partial charge in [0.15, 0.2) is 0 Å². The van der Waals surface area contributed by atoms with Crippen molar-refractivity contribution in [3.05, 3.63) is 23.0 Å². The van der Waals surface area contributed by atoms with Crippen LogP contribution in [0.2, 0.25) is 0 Å². The highest BCUT2D eigenvalue weighted by Gasteiger charge is 2.25. The molecule has 1 amide bonds. The van der Waals surface area contributed by atoms with Gasteiger partial charge in [0.25, 0.3) is 5.91 Å². The molecule has 1 N–H and O–H groups in total. The van der Waals surface area contributed by atoms with E-state index in [4.69, 9.17) is 11.6 Å². The Morgan fingerprint density at radius 2 is 2.11 bits per heavy atom. The lowest BCUT2D eigenvalue weighted by molar-refractivity contribution is 0.0900. The summed E-state index contributed by atoms with van der Waals surface area (Å²) in [5.74, 6) is 0.414. The number of nitrogens with one attached hydrogen (secondary N) is 1. The number of aromatic nitrogens is 2. The Bertz CT molecular complexity index is 436. The topological polar surface area (TPSA) is 54.9 Å². The Balaban J connectivity index is 2.90. The molecule has 0 aliphatic heterocycles. The van der Waals surface area contributed by atoms with Gasteiger partial charge < -0.3 is 5.32 Å². The Morgan fingerprint density at radius 3 is 2.67 bits per heavy atom. The van der Waals surface area contributed by atoms with E-state index in [2.05, 4.69) is 15.5 Å². The maximum Gasteiger partial charge on any atom is 0.253 e. The van der Waals surface area contributed by atoms with Gasteiger partial charge in [0.2, 0.25) is 0 Å². The van der Waals surface area contributed by atoms with Crippen LogP contribution in [0, 0.1) is 13.8 Å². The molecule has 18 heavy (non-hydrogen) atoms. The average molecular weight is 270 g/mol. The van der Waals surface area contributed by atoms with Crippen molar-refractivity contribution in [3.8, 4) is 0 Å². The van der Waals surface area contributed by atoms with Crippen LogP contribution in [-0.4, -0.2) is 27.5 Å². The third-order valence-corrected chi connectivity index (χ3v) is 3.38. The summed E-state index contributed by atoms with van der Waals surface area (Å²) in [6.07, 6.45) is 1.58.